The van der Waals surface area contributed by atoms with Crippen molar-refractivity contribution in [3.8, 4) is 11.5 Å². The minimum Gasteiger partial charge on any atom is -0.494 e. The molecule has 4 nitrogen and oxygen atoms in total. The number of epoxide rings is 2. The molecule has 1 saturated carbocycles. The number of benzene rings is 2. The molecule has 2 unspecified atom stereocenters. The first-order valence-corrected chi connectivity index (χ1v) is 14.9. The number of hydrogen-bond acceptors (Lipinski definition) is 4. The molecule has 3 fully saturated rings. The summed E-state index contributed by atoms with van der Waals surface area (Å²) in [5.41, 5.74) is 4.24. The van der Waals surface area contributed by atoms with Crippen LogP contribution in [0.1, 0.15) is 106 Å². The molecular weight excluding hydrogens is 460 g/mol. The van der Waals surface area contributed by atoms with Gasteiger partial charge in [0.2, 0.25) is 0 Å². The highest BCUT2D eigenvalue weighted by molar-refractivity contribution is 5.38. The van der Waals surface area contributed by atoms with Crippen LogP contribution in [0.15, 0.2) is 42.5 Å². The predicted octanol–water partition coefficient (Wildman–Crippen LogP) is 8.11. The van der Waals surface area contributed by atoms with E-state index in [1.807, 2.05) is 0 Å². The van der Waals surface area contributed by atoms with Crippen molar-refractivity contribution in [3.05, 3.63) is 59.2 Å². The standard InChI is InChI=1S/C33H46O4/c1-25-22-29(16-19-33(25)35-21-7-3-5-9-32-24-37-32)28-12-10-26(11-13-28)27-14-17-30(18-15-27)34-20-6-2-4-8-31-23-36-31/h14-19,22,26,28,31-32H,2-13,20-21,23-24H2,1H3. The fourth-order valence-corrected chi connectivity index (χ4v) is 5.83. The van der Waals surface area contributed by atoms with Gasteiger partial charge in [-0.15, -0.1) is 0 Å². The van der Waals surface area contributed by atoms with Crippen LogP contribution in [0, 0.1) is 6.92 Å². The van der Waals surface area contributed by atoms with E-state index >= 15 is 0 Å². The maximum Gasteiger partial charge on any atom is 0.122 e. The van der Waals surface area contributed by atoms with E-state index in [-0.39, 0.29) is 0 Å². The SMILES string of the molecule is Cc1cc(C2CCC(c3ccc(OCCCCCC4CO4)cc3)CC2)ccc1OCCCCCC1CO1. The summed E-state index contributed by atoms with van der Waals surface area (Å²) in [5, 5.41) is 0. The predicted molar refractivity (Wildman–Crippen MR) is 149 cm³/mol. The fraction of sp³-hybridized carbons (Fsp3) is 0.636. The van der Waals surface area contributed by atoms with E-state index in [4.69, 9.17) is 18.9 Å². The molecule has 37 heavy (non-hydrogen) atoms. The van der Waals surface area contributed by atoms with Gasteiger partial charge in [-0.3, -0.25) is 0 Å². The second kappa shape index (κ2) is 13.7. The molecular formula is C33H46O4. The quantitative estimate of drug-likeness (QED) is 0.170. The molecule has 0 amide bonds. The molecule has 2 heterocycles. The van der Waals surface area contributed by atoms with Gasteiger partial charge in [0.15, 0.2) is 0 Å². The van der Waals surface area contributed by atoms with Crippen molar-refractivity contribution in [1.82, 2.24) is 0 Å². The zero-order valence-corrected chi connectivity index (χ0v) is 22.8. The smallest absolute Gasteiger partial charge is 0.122 e. The zero-order chi connectivity index (χ0) is 25.3. The van der Waals surface area contributed by atoms with E-state index in [1.54, 1.807) is 0 Å². The Bertz CT molecular complexity index is 939. The number of rotatable bonds is 16. The third kappa shape index (κ3) is 8.75. The lowest BCUT2D eigenvalue weighted by Gasteiger charge is -2.29. The van der Waals surface area contributed by atoms with Crippen LogP contribution < -0.4 is 9.47 Å². The topological polar surface area (TPSA) is 43.5 Å². The molecule has 202 valence electrons. The Morgan fingerprint density at radius 1 is 0.649 bits per heavy atom. The molecule has 2 aliphatic heterocycles. The van der Waals surface area contributed by atoms with Gasteiger partial charge in [0.1, 0.15) is 11.5 Å². The van der Waals surface area contributed by atoms with Crippen molar-refractivity contribution in [1.29, 1.82) is 0 Å². The van der Waals surface area contributed by atoms with E-state index in [9.17, 15) is 0 Å². The summed E-state index contributed by atoms with van der Waals surface area (Å²) in [5.74, 6) is 3.40. The van der Waals surface area contributed by atoms with E-state index in [1.165, 1.54) is 80.9 Å². The Morgan fingerprint density at radius 2 is 1.19 bits per heavy atom. The summed E-state index contributed by atoms with van der Waals surface area (Å²) in [6.07, 6.45) is 15.8. The Hall–Kier alpha value is -2.04. The third-order valence-electron chi connectivity index (χ3n) is 8.42. The monoisotopic (exact) mass is 506 g/mol. The lowest BCUT2D eigenvalue weighted by molar-refractivity contribution is 0.300. The molecule has 0 bridgehead atoms. The van der Waals surface area contributed by atoms with Crippen LogP contribution in [0.5, 0.6) is 11.5 Å². The fourth-order valence-electron chi connectivity index (χ4n) is 5.83. The first kappa shape index (κ1) is 26.6. The zero-order valence-electron chi connectivity index (χ0n) is 22.8. The Balaban J connectivity index is 0.989. The molecule has 0 spiro atoms. The summed E-state index contributed by atoms with van der Waals surface area (Å²) in [4.78, 5) is 0. The van der Waals surface area contributed by atoms with Crippen molar-refractivity contribution in [2.24, 2.45) is 0 Å². The average Bonchev–Trinajstić information content (AvgIpc) is 3.86. The number of ether oxygens (including phenoxy) is 4. The van der Waals surface area contributed by atoms with Gasteiger partial charge < -0.3 is 18.9 Å². The molecule has 3 aliphatic rings. The van der Waals surface area contributed by atoms with Crippen LogP contribution in [-0.4, -0.2) is 38.6 Å². The first-order chi connectivity index (χ1) is 18.2. The largest absolute Gasteiger partial charge is 0.494 e. The van der Waals surface area contributed by atoms with Gasteiger partial charge in [-0.25, -0.2) is 0 Å². The number of hydrogen-bond donors (Lipinski definition) is 0. The molecule has 2 saturated heterocycles. The maximum absolute atomic E-state index is 6.09. The molecule has 5 rings (SSSR count). The lowest BCUT2D eigenvalue weighted by Crippen LogP contribution is -2.12. The highest BCUT2D eigenvalue weighted by atomic mass is 16.6. The summed E-state index contributed by atoms with van der Waals surface area (Å²) in [6, 6.07) is 15.8. The summed E-state index contributed by atoms with van der Waals surface area (Å²) < 4.78 is 22.6. The van der Waals surface area contributed by atoms with E-state index in [2.05, 4.69) is 49.4 Å². The van der Waals surface area contributed by atoms with Crippen LogP contribution in [0.25, 0.3) is 0 Å². The number of unbranched alkanes of at least 4 members (excludes halogenated alkanes) is 4. The molecule has 2 atom stereocenters. The summed E-state index contributed by atoms with van der Waals surface area (Å²) in [7, 11) is 0. The van der Waals surface area contributed by atoms with Crippen molar-refractivity contribution >= 4 is 0 Å². The van der Waals surface area contributed by atoms with Crippen LogP contribution in [0.2, 0.25) is 0 Å². The van der Waals surface area contributed by atoms with Crippen LogP contribution in [0.3, 0.4) is 0 Å². The van der Waals surface area contributed by atoms with Crippen molar-refractivity contribution in [2.45, 2.75) is 108 Å². The van der Waals surface area contributed by atoms with Crippen LogP contribution >= 0.6 is 0 Å². The van der Waals surface area contributed by atoms with Crippen LogP contribution in [-0.2, 0) is 9.47 Å². The second-order valence-corrected chi connectivity index (χ2v) is 11.4. The average molecular weight is 507 g/mol. The lowest BCUT2D eigenvalue weighted by atomic mass is 9.76. The Labute approximate surface area is 224 Å². The Kier molecular flexibility index (Phi) is 9.81. The van der Waals surface area contributed by atoms with E-state index in [0.29, 0.717) is 24.0 Å². The van der Waals surface area contributed by atoms with Crippen molar-refractivity contribution < 1.29 is 18.9 Å². The first-order valence-electron chi connectivity index (χ1n) is 14.9. The molecule has 2 aromatic rings. The highest BCUT2D eigenvalue weighted by Crippen LogP contribution is 2.41. The Morgan fingerprint density at radius 3 is 1.76 bits per heavy atom. The van der Waals surface area contributed by atoms with E-state index in [0.717, 1.165) is 50.8 Å². The van der Waals surface area contributed by atoms with E-state index < -0.39 is 0 Å². The van der Waals surface area contributed by atoms with Crippen LogP contribution in [0.4, 0.5) is 0 Å². The molecule has 1 aliphatic carbocycles. The molecule has 0 aromatic heterocycles. The minimum absolute atomic E-state index is 0.559. The molecule has 0 N–H and O–H groups in total. The highest BCUT2D eigenvalue weighted by Gasteiger charge is 2.24. The molecule has 4 heteroatoms. The van der Waals surface area contributed by atoms with Gasteiger partial charge in [-0.1, -0.05) is 37.1 Å². The normalized spacial score (nSPS) is 24.6. The maximum atomic E-state index is 6.09. The third-order valence-corrected chi connectivity index (χ3v) is 8.42. The molecule has 0 radical (unpaired) electrons. The summed E-state index contributed by atoms with van der Waals surface area (Å²) in [6.45, 7) is 5.78. The van der Waals surface area contributed by atoms with Gasteiger partial charge in [-0.05, 0) is 118 Å². The van der Waals surface area contributed by atoms with Gasteiger partial charge >= 0.3 is 0 Å². The number of aryl methyl sites for hydroxylation is 1. The van der Waals surface area contributed by atoms with Gasteiger partial charge in [0.05, 0.1) is 38.6 Å². The van der Waals surface area contributed by atoms with Gasteiger partial charge in [0.25, 0.3) is 0 Å². The minimum atomic E-state index is 0.559. The van der Waals surface area contributed by atoms with Crippen molar-refractivity contribution in [2.75, 3.05) is 26.4 Å². The van der Waals surface area contributed by atoms with Gasteiger partial charge in [-0.2, -0.15) is 0 Å². The van der Waals surface area contributed by atoms with Crippen molar-refractivity contribution in [3.63, 3.8) is 0 Å². The van der Waals surface area contributed by atoms with Gasteiger partial charge in [0, 0.05) is 0 Å². The summed E-state index contributed by atoms with van der Waals surface area (Å²) >= 11 is 0. The second-order valence-electron chi connectivity index (χ2n) is 11.4. The molecule has 2 aromatic carbocycles.